The highest BCUT2D eigenvalue weighted by Crippen LogP contribution is 2.27. The molecule has 0 saturated carbocycles. The monoisotopic (exact) mass is 296 g/mol. The Morgan fingerprint density at radius 3 is 2.70 bits per heavy atom. The van der Waals surface area contributed by atoms with Gasteiger partial charge >= 0.3 is 5.97 Å². The third-order valence-corrected chi connectivity index (χ3v) is 5.82. The van der Waals surface area contributed by atoms with E-state index in [1.54, 1.807) is 26.0 Å². The third kappa shape index (κ3) is 3.03. The first kappa shape index (κ1) is 15.0. The van der Waals surface area contributed by atoms with Gasteiger partial charge in [0.1, 0.15) is 0 Å². The lowest BCUT2D eigenvalue weighted by molar-refractivity contribution is -0.143. The lowest BCUT2D eigenvalue weighted by Gasteiger charge is -2.13. The molecule has 1 aliphatic carbocycles. The minimum absolute atomic E-state index is 0.104. The Balaban J connectivity index is 2.19. The van der Waals surface area contributed by atoms with E-state index in [0.717, 1.165) is 24.8 Å². The van der Waals surface area contributed by atoms with E-state index in [0.29, 0.717) is 4.90 Å². The summed E-state index contributed by atoms with van der Waals surface area (Å²) in [5.41, 5.74) is 2.36. The van der Waals surface area contributed by atoms with Gasteiger partial charge in [0.2, 0.25) is 0 Å². The summed E-state index contributed by atoms with van der Waals surface area (Å²) in [6.45, 7) is 3.53. The Morgan fingerprint density at radius 2 is 2.00 bits per heavy atom. The summed E-state index contributed by atoms with van der Waals surface area (Å²) in [5, 5.41) is -0.763. The fourth-order valence-corrected chi connectivity index (χ4v) is 3.91. The van der Waals surface area contributed by atoms with E-state index in [2.05, 4.69) is 0 Å². The molecular formula is C15H20O4S. The van der Waals surface area contributed by atoms with Gasteiger partial charge in [0.15, 0.2) is 9.84 Å². The Bertz CT molecular complexity index is 604. The van der Waals surface area contributed by atoms with E-state index in [1.807, 2.05) is 6.07 Å². The Morgan fingerprint density at radius 1 is 1.30 bits per heavy atom. The molecule has 1 aromatic rings. The van der Waals surface area contributed by atoms with E-state index in [4.69, 9.17) is 4.74 Å². The van der Waals surface area contributed by atoms with Gasteiger partial charge in [-0.15, -0.1) is 0 Å². The van der Waals surface area contributed by atoms with Crippen molar-refractivity contribution >= 4 is 15.8 Å². The second-order valence-corrected chi connectivity index (χ2v) is 7.52. The molecule has 1 aliphatic rings. The Hall–Kier alpha value is -1.36. The highest BCUT2D eigenvalue weighted by molar-refractivity contribution is 7.92. The van der Waals surface area contributed by atoms with Crippen molar-refractivity contribution in [1.29, 1.82) is 0 Å². The van der Waals surface area contributed by atoms with E-state index >= 15 is 0 Å². The highest BCUT2D eigenvalue weighted by atomic mass is 32.2. The average Bonchev–Trinajstić information content (AvgIpc) is 2.85. The number of hydrogen-bond donors (Lipinski definition) is 0. The standard InChI is InChI=1S/C15H20O4S/c1-3-19-15(16)9-11(2)20(17,18)14-8-7-12-5-4-6-13(12)10-14/h7-8,10-11H,3-6,9H2,1-2H3. The van der Waals surface area contributed by atoms with Crippen LogP contribution in [-0.4, -0.2) is 26.2 Å². The predicted octanol–water partition coefficient (Wildman–Crippen LogP) is 2.29. The quantitative estimate of drug-likeness (QED) is 0.782. The van der Waals surface area contributed by atoms with Gasteiger partial charge in [0, 0.05) is 0 Å². The normalized spacial score (nSPS) is 15.7. The van der Waals surface area contributed by atoms with Crippen molar-refractivity contribution in [3.63, 3.8) is 0 Å². The lowest BCUT2D eigenvalue weighted by atomic mass is 10.1. The van der Waals surface area contributed by atoms with Crippen LogP contribution in [0.3, 0.4) is 0 Å². The molecule has 0 bridgehead atoms. The molecule has 0 radical (unpaired) electrons. The SMILES string of the molecule is CCOC(=O)CC(C)S(=O)(=O)c1ccc2c(c1)CCC2. The number of aryl methyl sites for hydroxylation is 2. The van der Waals surface area contributed by atoms with Gasteiger partial charge in [-0.2, -0.15) is 0 Å². The van der Waals surface area contributed by atoms with E-state index in [-0.39, 0.29) is 13.0 Å². The third-order valence-electron chi connectivity index (χ3n) is 3.69. The van der Waals surface area contributed by atoms with Crippen LogP contribution in [0.5, 0.6) is 0 Å². The second-order valence-electron chi connectivity index (χ2n) is 5.15. The molecule has 1 atom stereocenters. The number of carbonyl (C=O) groups excluding carboxylic acids is 1. The molecule has 2 rings (SSSR count). The summed E-state index contributed by atoms with van der Waals surface area (Å²) in [4.78, 5) is 11.7. The molecule has 0 saturated heterocycles. The summed E-state index contributed by atoms with van der Waals surface area (Å²) in [7, 11) is -3.47. The zero-order valence-corrected chi connectivity index (χ0v) is 12.7. The van der Waals surface area contributed by atoms with Crippen molar-refractivity contribution in [1.82, 2.24) is 0 Å². The zero-order chi connectivity index (χ0) is 14.8. The van der Waals surface area contributed by atoms with Crippen molar-refractivity contribution in [3.05, 3.63) is 29.3 Å². The van der Waals surface area contributed by atoms with Gasteiger partial charge in [-0.25, -0.2) is 8.42 Å². The fourth-order valence-electron chi connectivity index (χ4n) is 2.52. The van der Waals surface area contributed by atoms with Crippen LogP contribution < -0.4 is 0 Å². The summed E-state index contributed by atoms with van der Waals surface area (Å²) in [6.07, 6.45) is 2.93. The molecular weight excluding hydrogens is 276 g/mol. The molecule has 0 fully saturated rings. The van der Waals surface area contributed by atoms with E-state index in [9.17, 15) is 13.2 Å². The van der Waals surface area contributed by atoms with Crippen molar-refractivity contribution < 1.29 is 17.9 Å². The molecule has 5 heteroatoms. The molecule has 4 nitrogen and oxygen atoms in total. The van der Waals surface area contributed by atoms with E-state index in [1.165, 1.54) is 5.56 Å². The average molecular weight is 296 g/mol. The predicted molar refractivity (Wildman–Crippen MR) is 76.4 cm³/mol. The lowest BCUT2D eigenvalue weighted by Crippen LogP contribution is -2.23. The smallest absolute Gasteiger partial charge is 0.307 e. The number of sulfone groups is 1. The number of rotatable bonds is 5. The minimum atomic E-state index is -3.47. The molecule has 0 amide bonds. The topological polar surface area (TPSA) is 60.4 Å². The van der Waals surface area contributed by atoms with Gasteiger partial charge in [0.05, 0.1) is 23.2 Å². The van der Waals surface area contributed by atoms with Crippen LogP contribution in [-0.2, 0) is 32.2 Å². The minimum Gasteiger partial charge on any atom is -0.466 e. The maximum absolute atomic E-state index is 12.5. The molecule has 0 aliphatic heterocycles. The highest BCUT2D eigenvalue weighted by Gasteiger charge is 2.27. The number of carbonyl (C=O) groups is 1. The van der Waals surface area contributed by atoms with Crippen molar-refractivity contribution in [2.45, 2.75) is 49.7 Å². The molecule has 0 N–H and O–H groups in total. The first-order chi connectivity index (χ1) is 9.45. The number of hydrogen-bond acceptors (Lipinski definition) is 4. The molecule has 110 valence electrons. The van der Waals surface area contributed by atoms with Gasteiger partial charge in [-0.1, -0.05) is 6.07 Å². The van der Waals surface area contributed by atoms with Crippen LogP contribution >= 0.6 is 0 Å². The van der Waals surface area contributed by atoms with Gasteiger partial charge < -0.3 is 4.74 Å². The first-order valence-corrected chi connectivity index (χ1v) is 8.51. The summed E-state index contributed by atoms with van der Waals surface area (Å²) in [5.74, 6) is -0.468. The molecule has 0 spiro atoms. The first-order valence-electron chi connectivity index (χ1n) is 6.96. The van der Waals surface area contributed by atoms with Crippen LogP contribution in [0.15, 0.2) is 23.1 Å². The maximum Gasteiger partial charge on any atom is 0.307 e. The van der Waals surface area contributed by atoms with Gasteiger partial charge in [0.25, 0.3) is 0 Å². The molecule has 0 heterocycles. The Labute approximate surface area is 120 Å². The zero-order valence-electron chi connectivity index (χ0n) is 11.9. The summed E-state index contributed by atoms with van der Waals surface area (Å²) < 4.78 is 29.7. The number of benzene rings is 1. The van der Waals surface area contributed by atoms with Gasteiger partial charge in [-0.05, 0) is 56.4 Å². The van der Waals surface area contributed by atoms with Crippen molar-refractivity contribution in [3.8, 4) is 0 Å². The molecule has 0 aromatic heterocycles. The van der Waals surface area contributed by atoms with Crippen LogP contribution in [0.2, 0.25) is 0 Å². The van der Waals surface area contributed by atoms with E-state index < -0.39 is 21.1 Å². The maximum atomic E-state index is 12.5. The number of esters is 1. The number of fused-ring (bicyclic) bond motifs is 1. The second kappa shape index (κ2) is 5.95. The van der Waals surface area contributed by atoms with Crippen LogP contribution in [0.25, 0.3) is 0 Å². The number of ether oxygens (including phenoxy) is 1. The Kier molecular flexibility index (Phi) is 4.48. The fraction of sp³-hybridized carbons (Fsp3) is 0.533. The van der Waals surface area contributed by atoms with Crippen molar-refractivity contribution in [2.75, 3.05) is 6.61 Å². The van der Waals surface area contributed by atoms with Crippen molar-refractivity contribution in [2.24, 2.45) is 0 Å². The van der Waals surface area contributed by atoms with Crippen LogP contribution in [0, 0.1) is 0 Å². The van der Waals surface area contributed by atoms with Gasteiger partial charge in [-0.3, -0.25) is 4.79 Å². The molecule has 1 unspecified atom stereocenters. The van der Waals surface area contributed by atoms with Crippen LogP contribution in [0.1, 0.15) is 37.8 Å². The van der Waals surface area contributed by atoms with Crippen LogP contribution in [0.4, 0.5) is 0 Å². The largest absolute Gasteiger partial charge is 0.466 e. The molecule has 20 heavy (non-hydrogen) atoms. The molecule has 1 aromatic carbocycles. The summed E-state index contributed by atoms with van der Waals surface area (Å²) in [6, 6.07) is 5.31. The summed E-state index contributed by atoms with van der Waals surface area (Å²) >= 11 is 0.